The number of hydrogen-bond donors (Lipinski definition) is 7. The van der Waals surface area contributed by atoms with Gasteiger partial charge in [0.05, 0.1) is 25.4 Å². The fourth-order valence-corrected chi connectivity index (χ4v) is 10.4. The lowest BCUT2D eigenvalue weighted by atomic mass is 9.99. The highest BCUT2D eigenvalue weighted by Crippen LogP contribution is 2.26. The van der Waals surface area contributed by atoms with Gasteiger partial charge in [0.15, 0.2) is 6.29 Å². The predicted molar refractivity (Wildman–Crippen MR) is 284 cm³/mol. The van der Waals surface area contributed by atoms with Gasteiger partial charge in [0.25, 0.3) is 0 Å². The molecule has 0 aliphatic carbocycles. The van der Waals surface area contributed by atoms with Gasteiger partial charge in [-0.25, -0.2) is 4.18 Å². The fourth-order valence-electron chi connectivity index (χ4n) is 9.88. The molecule has 0 bridgehead atoms. The van der Waals surface area contributed by atoms with E-state index in [0.29, 0.717) is 19.3 Å². The van der Waals surface area contributed by atoms with Crippen LogP contribution < -0.4 is 5.32 Å². The first-order valence-corrected chi connectivity index (χ1v) is 30.9. The summed E-state index contributed by atoms with van der Waals surface area (Å²) >= 11 is 0. The highest BCUT2D eigenvalue weighted by molar-refractivity contribution is 7.80. The first-order valence-electron chi connectivity index (χ1n) is 29.5. The Labute approximate surface area is 429 Å². The van der Waals surface area contributed by atoms with Crippen LogP contribution in [0.4, 0.5) is 0 Å². The van der Waals surface area contributed by atoms with Crippen LogP contribution in [0.25, 0.3) is 0 Å². The smallest absolute Gasteiger partial charge is 0.394 e. The van der Waals surface area contributed by atoms with Crippen molar-refractivity contribution in [2.45, 2.75) is 339 Å². The Morgan fingerprint density at radius 3 is 1.14 bits per heavy atom. The van der Waals surface area contributed by atoms with E-state index in [-0.39, 0.29) is 6.42 Å². The number of hydrogen-bond acceptors (Lipinski definition) is 11. The monoisotopic (exact) mass is 1020 g/mol. The zero-order valence-corrected chi connectivity index (χ0v) is 45.8. The molecule has 418 valence electrons. The minimum atomic E-state index is -5.11. The third kappa shape index (κ3) is 37.7. The molecule has 1 saturated heterocycles. The van der Waals surface area contributed by atoms with E-state index < -0.39 is 78.5 Å². The predicted octanol–water partition coefficient (Wildman–Crippen LogP) is 12.7. The normalized spacial score (nSPS) is 19.9. The Hall–Kier alpha value is -0.940. The molecular weight excluding hydrogens is 911 g/mol. The van der Waals surface area contributed by atoms with E-state index in [9.17, 15) is 43.3 Å². The maximum Gasteiger partial charge on any atom is 0.397 e. The number of unbranched alkanes of at least 4 members (excludes halogenated alkanes) is 39. The summed E-state index contributed by atoms with van der Waals surface area (Å²) in [6, 6.07) is -1.03. The highest BCUT2D eigenvalue weighted by atomic mass is 32.3. The molecule has 0 spiro atoms. The van der Waals surface area contributed by atoms with Crippen molar-refractivity contribution in [3.05, 3.63) is 0 Å². The molecule has 0 saturated carbocycles. The molecule has 0 aromatic rings. The Kier molecular flexibility index (Phi) is 44.6. The second-order valence-electron chi connectivity index (χ2n) is 21.1. The molecule has 70 heavy (non-hydrogen) atoms. The van der Waals surface area contributed by atoms with E-state index in [1.165, 1.54) is 212 Å². The second-order valence-corrected chi connectivity index (χ2v) is 22.1. The zero-order valence-electron chi connectivity index (χ0n) is 45.0. The Morgan fingerprint density at radius 2 is 0.829 bits per heavy atom. The van der Waals surface area contributed by atoms with Crippen molar-refractivity contribution in [3.63, 3.8) is 0 Å². The number of nitrogens with one attached hydrogen (secondary N) is 1. The Morgan fingerprint density at radius 1 is 0.514 bits per heavy atom. The van der Waals surface area contributed by atoms with Gasteiger partial charge in [-0.2, -0.15) is 8.42 Å². The number of carbonyl (C=O) groups excluding carboxylic acids is 1. The summed E-state index contributed by atoms with van der Waals surface area (Å²) in [6.45, 7) is 3.34. The largest absolute Gasteiger partial charge is 0.397 e. The van der Waals surface area contributed by atoms with Gasteiger partial charge >= 0.3 is 10.4 Å². The minimum absolute atomic E-state index is 0.267. The molecule has 1 fully saturated rings. The van der Waals surface area contributed by atoms with Crippen LogP contribution in [0.1, 0.15) is 290 Å². The number of rotatable bonds is 52. The van der Waals surface area contributed by atoms with Gasteiger partial charge in [0.1, 0.15) is 30.5 Å². The molecule has 0 radical (unpaired) electrons. The molecule has 1 amide bonds. The number of aliphatic hydroxyl groups is 5. The van der Waals surface area contributed by atoms with Crippen LogP contribution in [0, 0.1) is 0 Å². The standard InChI is InChI=1S/C56H111NO12S/c1-3-5-7-9-11-13-15-17-19-21-23-25-27-29-31-33-35-37-39-41-43-45-50(60)55(63)57-48(47-67-56-53(62)54(69-70(64,65)66)52(61)51(46-58)68-56)49(59)44-42-40-38-36-34-32-30-28-26-24-22-20-18-16-14-12-10-8-6-4-2/h48-54,56,58-62H,3-47H2,1-2H3,(H,57,63)(H,64,65,66). The number of ether oxygens (including phenoxy) is 2. The lowest BCUT2D eigenvalue weighted by Gasteiger charge is -2.41. The first kappa shape index (κ1) is 67.1. The average molecular weight is 1020 g/mol. The number of aliphatic hydroxyl groups excluding tert-OH is 5. The van der Waals surface area contributed by atoms with Crippen LogP contribution in [0.2, 0.25) is 0 Å². The lowest BCUT2D eigenvalue weighted by Crippen LogP contribution is -2.61. The van der Waals surface area contributed by atoms with Crippen molar-refractivity contribution in [2.75, 3.05) is 13.2 Å². The van der Waals surface area contributed by atoms with Crippen molar-refractivity contribution in [1.29, 1.82) is 0 Å². The van der Waals surface area contributed by atoms with Gasteiger partial charge in [-0.1, -0.05) is 277 Å². The SMILES string of the molecule is CCCCCCCCCCCCCCCCCCCCCCCC(O)C(=O)NC(COC1OC(CO)C(O)C(OS(=O)(=O)O)C1O)C(O)CCCCCCCCCCCCCCCCCCCCCC. The van der Waals surface area contributed by atoms with Gasteiger partial charge in [-0.15, -0.1) is 0 Å². The summed E-state index contributed by atoms with van der Waals surface area (Å²) in [5.74, 6) is -0.661. The maximum atomic E-state index is 13.2. The zero-order chi connectivity index (χ0) is 51.3. The number of amides is 1. The van der Waals surface area contributed by atoms with Crippen molar-refractivity contribution in [1.82, 2.24) is 5.32 Å². The maximum absolute atomic E-state index is 13.2. The molecule has 1 rings (SSSR count). The molecule has 0 aromatic heterocycles. The van der Waals surface area contributed by atoms with Crippen molar-refractivity contribution < 1.29 is 57.0 Å². The van der Waals surface area contributed by atoms with Gasteiger partial charge < -0.3 is 40.3 Å². The van der Waals surface area contributed by atoms with E-state index in [1.807, 2.05) is 0 Å². The quantitative estimate of drug-likeness (QED) is 0.0224. The Bertz CT molecular complexity index is 1260. The molecule has 0 aromatic carbocycles. The van der Waals surface area contributed by atoms with Gasteiger partial charge in [0, 0.05) is 0 Å². The number of carbonyl (C=O) groups is 1. The highest BCUT2D eigenvalue weighted by Gasteiger charge is 2.48. The molecule has 1 aliphatic heterocycles. The first-order chi connectivity index (χ1) is 33.9. The molecule has 7 N–H and O–H groups in total. The molecule has 14 heteroatoms. The minimum Gasteiger partial charge on any atom is -0.394 e. The molecule has 13 nitrogen and oxygen atoms in total. The van der Waals surface area contributed by atoms with E-state index in [1.54, 1.807) is 0 Å². The van der Waals surface area contributed by atoms with Gasteiger partial charge in [-0.3, -0.25) is 9.35 Å². The summed E-state index contributed by atoms with van der Waals surface area (Å²) in [7, 11) is -5.11. The van der Waals surface area contributed by atoms with Crippen LogP contribution in [0.15, 0.2) is 0 Å². The third-order valence-corrected chi connectivity index (χ3v) is 15.0. The molecule has 1 heterocycles. The average Bonchev–Trinajstić information content (AvgIpc) is 3.33. The van der Waals surface area contributed by atoms with Crippen molar-refractivity contribution >= 4 is 16.3 Å². The summed E-state index contributed by atoms with van der Waals surface area (Å²) in [5, 5.41) is 55.8. The van der Waals surface area contributed by atoms with E-state index in [0.717, 1.165) is 38.5 Å². The summed E-state index contributed by atoms with van der Waals surface area (Å²) in [4.78, 5) is 13.2. The molecule has 8 unspecified atom stereocenters. The topological polar surface area (TPSA) is 212 Å². The van der Waals surface area contributed by atoms with Crippen LogP contribution in [-0.2, 0) is 28.9 Å². The second kappa shape index (κ2) is 46.6. The summed E-state index contributed by atoms with van der Waals surface area (Å²) in [6.07, 6.45) is 41.4. The van der Waals surface area contributed by atoms with Crippen LogP contribution >= 0.6 is 0 Å². The van der Waals surface area contributed by atoms with Gasteiger partial charge in [0.2, 0.25) is 5.91 Å². The third-order valence-electron chi connectivity index (χ3n) is 14.5. The van der Waals surface area contributed by atoms with Gasteiger partial charge in [-0.05, 0) is 12.8 Å². The lowest BCUT2D eigenvalue weighted by molar-refractivity contribution is -0.298. The van der Waals surface area contributed by atoms with E-state index in [4.69, 9.17) is 9.47 Å². The molecular formula is C56H111NO12S. The van der Waals surface area contributed by atoms with Crippen LogP contribution in [-0.4, -0.2) is 107 Å². The Balaban J connectivity index is 2.39. The van der Waals surface area contributed by atoms with Crippen LogP contribution in [0.5, 0.6) is 0 Å². The van der Waals surface area contributed by atoms with Crippen molar-refractivity contribution in [3.8, 4) is 0 Å². The molecule has 1 aliphatic rings. The van der Waals surface area contributed by atoms with E-state index in [2.05, 4.69) is 23.3 Å². The summed E-state index contributed by atoms with van der Waals surface area (Å²) < 4.78 is 47.9. The van der Waals surface area contributed by atoms with Crippen molar-refractivity contribution in [2.24, 2.45) is 0 Å². The van der Waals surface area contributed by atoms with Crippen LogP contribution in [0.3, 0.4) is 0 Å². The van der Waals surface area contributed by atoms with E-state index >= 15 is 0 Å². The summed E-state index contributed by atoms with van der Waals surface area (Å²) in [5.41, 5.74) is 0. The molecule has 8 atom stereocenters. The fraction of sp³-hybridized carbons (Fsp3) is 0.982.